The maximum atomic E-state index is 10.2. The summed E-state index contributed by atoms with van der Waals surface area (Å²) in [6.45, 7) is 2.27. The first kappa shape index (κ1) is 15.8. The molecular formula is C17H23N3O3. The molecule has 124 valence electrons. The molecule has 1 fully saturated rings. The molecule has 2 atom stereocenters. The van der Waals surface area contributed by atoms with E-state index in [1.54, 1.807) is 18.0 Å². The number of β-amino-alcohol motifs (C(OH)–C–C–N with tert-alkyl or cyclic N) is 1. The monoisotopic (exact) mass is 317 g/mol. The van der Waals surface area contributed by atoms with E-state index in [0.29, 0.717) is 12.3 Å². The largest absolute Gasteiger partial charge is 0.497 e. The number of rotatable bonds is 6. The second kappa shape index (κ2) is 7.02. The molecule has 0 unspecified atom stereocenters. The molecule has 1 aliphatic rings. The molecule has 6 nitrogen and oxygen atoms in total. The lowest BCUT2D eigenvalue weighted by Crippen LogP contribution is -2.30. The number of aliphatic hydroxyl groups excluding tert-OH is 1. The fourth-order valence-electron chi connectivity index (χ4n) is 2.85. The van der Waals surface area contributed by atoms with Crippen molar-refractivity contribution in [3.8, 4) is 11.5 Å². The van der Waals surface area contributed by atoms with E-state index in [4.69, 9.17) is 9.47 Å². The number of aliphatic hydroxyl groups is 1. The Morgan fingerprint density at radius 2 is 2.00 bits per heavy atom. The lowest BCUT2D eigenvalue weighted by atomic mass is 10.1. The van der Waals surface area contributed by atoms with E-state index in [-0.39, 0.29) is 6.10 Å². The number of methoxy groups -OCH3 is 1. The normalized spacial score (nSPS) is 21.5. The van der Waals surface area contributed by atoms with Crippen molar-refractivity contribution in [1.29, 1.82) is 0 Å². The number of ether oxygens (including phenoxy) is 2. The third kappa shape index (κ3) is 4.03. The van der Waals surface area contributed by atoms with E-state index in [1.165, 1.54) is 5.56 Å². The highest BCUT2D eigenvalue weighted by molar-refractivity contribution is 5.27. The van der Waals surface area contributed by atoms with Gasteiger partial charge in [-0.05, 0) is 24.1 Å². The molecule has 6 heteroatoms. The van der Waals surface area contributed by atoms with Crippen molar-refractivity contribution in [2.24, 2.45) is 7.05 Å². The van der Waals surface area contributed by atoms with Gasteiger partial charge in [0.25, 0.3) is 0 Å². The Kier molecular flexibility index (Phi) is 4.83. The average Bonchev–Trinajstić information content (AvgIpc) is 3.12. The van der Waals surface area contributed by atoms with Crippen LogP contribution in [0.4, 0.5) is 0 Å². The first-order valence-corrected chi connectivity index (χ1v) is 7.82. The van der Waals surface area contributed by atoms with E-state index in [2.05, 4.69) is 22.1 Å². The summed E-state index contributed by atoms with van der Waals surface area (Å²) < 4.78 is 12.7. The number of benzene rings is 1. The Balaban J connectivity index is 1.49. The van der Waals surface area contributed by atoms with Crippen LogP contribution in [0, 0.1) is 0 Å². The maximum absolute atomic E-state index is 10.2. The van der Waals surface area contributed by atoms with Crippen LogP contribution in [0.15, 0.2) is 36.7 Å². The minimum absolute atomic E-state index is 0.199. The number of hydrogen-bond acceptors (Lipinski definition) is 5. The van der Waals surface area contributed by atoms with Crippen LogP contribution in [-0.4, -0.2) is 58.7 Å². The van der Waals surface area contributed by atoms with Gasteiger partial charge in [0, 0.05) is 26.7 Å². The Hall–Kier alpha value is -2.05. The van der Waals surface area contributed by atoms with Crippen LogP contribution in [0.3, 0.4) is 0 Å². The van der Waals surface area contributed by atoms with E-state index < -0.39 is 6.10 Å². The lowest BCUT2D eigenvalue weighted by Gasteiger charge is -2.16. The minimum Gasteiger partial charge on any atom is -0.497 e. The zero-order valence-corrected chi connectivity index (χ0v) is 13.6. The summed E-state index contributed by atoms with van der Waals surface area (Å²) in [6.07, 6.45) is 3.76. The minimum atomic E-state index is -0.467. The Bertz CT molecular complexity index is 626. The Morgan fingerprint density at radius 3 is 2.65 bits per heavy atom. The summed E-state index contributed by atoms with van der Waals surface area (Å²) in [7, 11) is 3.52. The van der Waals surface area contributed by atoms with E-state index >= 15 is 0 Å². The zero-order valence-electron chi connectivity index (χ0n) is 13.6. The molecule has 23 heavy (non-hydrogen) atoms. The van der Waals surface area contributed by atoms with Gasteiger partial charge in [-0.3, -0.25) is 9.58 Å². The van der Waals surface area contributed by atoms with Gasteiger partial charge in [0.05, 0.1) is 19.5 Å². The highest BCUT2D eigenvalue weighted by Gasteiger charge is 2.32. The number of hydrogen-bond donors (Lipinski definition) is 1. The molecule has 0 bridgehead atoms. The van der Waals surface area contributed by atoms with Crippen LogP contribution in [0.5, 0.6) is 11.5 Å². The molecule has 0 radical (unpaired) electrons. The Labute approximate surface area is 136 Å². The van der Waals surface area contributed by atoms with Crippen molar-refractivity contribution in [3.05, 3.63) is 42.2 Å². The van der Waals surface area contributed by atoms with Crippen LogP contribution in [-0.2, 0) is 13.5 Å². The van der Waals surface area contributed by atoms with Gasteiger partial charge < -0.3 is 14.6 Å². The lowest BCUT2D eigenvalue weighted by molar-refractivity contribution is 0.0736. The van der Waals surface area contributed by atoms with E-state index in [1.807, 2.05) is 25.4 Å². The molecule has 2 heterocycles. The summed E-state index contributed by atoms with van der Waals surface area (Å²) in [5.74, 6) is 1.57. The predicted molar refractivity (Wildman–Crippen MR) is 86.8 cm³/mol. The van der Waals surface area contributed by atoms with E-state index in [9.17, 15) is 5.11 Å². The van der Waals surface area contributed by atoms with Crippen LogP contribution >= 0.6 is 0 Å². The molecule has 0 saturated carbocycles. The maximum Gasteiger partial charge on any atom is 0.157 e. The summed E-state index contributed by atoms with van der Waals surface area (Å²) in [5, 5.41) is 14.3. The predicted octanol–water partition coefficient (Wildman–Crippen LogP) is 1.10. The molecule has 1 aromatic carbocycles. The van der Waals surface area contributed by atoms with Gasteiger partial charge in [-0.15, -0.1) is 0 Å². The molecule has 1 N–H and O–H groups in total. The average molecular weight is 317 g/mol. The van der Waals surface area contributed by atoms with Gasteiger partial charge in [0.2, 0.25) is 0 Å². The van der Waals surface area contributed by atoms with Gasteiger partial charge in [-0.25, -0.2) is 0 Å². The first-order valence-electron chi connectivity index (χ1n) is 7.82. The number of aryl methyl sites for hydroxylation is 1. The molecule has 2 aromatic rings. The molecule has 1 aromatic heterocycles. The highest BCUT2D eigenvalue weighted by Crippen LogP contribution is 2.19. The van der Waals surface area contributed by atoms with Crippen LogP contribution in [0.1, 0.15) is 5.56 Å². The molecule has 1 saturated heterocycles. The van der Waals surface area contributed by atoms with Gasteiger partial charge in [0.15, 0.2) is 5.75 Å². The number of nitrogens with zero attached hydrogens (tertiary/aromatic N) is 3. The third-order valence-corrected chi connectivity index (χ3v) is 4.16. The topological polar surface area (TPSA) is 59.8 Å². The van der Waals surface area contributed by atoms with Crippen molar-refractivity contribution < 1.29 is 14.6 Å². The van der Waals surface area contributed by atoms with Gasteiger partial charge >= 0.3 is 0 Å². The second-order valence-electron chi connectivity index (χ2n) is 5.93. The van der Waals surface area contributed by atoms with Crippen molar-refractivity contribution >= 4 is 0 Å². The SMILES string of the molecule is COc1ccc(CCN2C[C@@H](O)[C@H](Oc3cnn(C)c3)C2)cc1. The number of likely N-dealkylation sites (tertiary alicyclic amines) is 1. The smallest absolute Gasteiger partial charge is 0.157 e. The fourth-order valence-corrected chi connectivity index (χ4v) is 2.85. The van der Waals surface area contributed by atoms with Crippen LogP contribution in [0.25, 0.3) is 0 Å². The molecule has 0 aliphatic carbocycles. The van der Waals surface area contributed by atoms with Crippen LogP contribution < -0.4 is 9.47 Å². The molecule has 3 rings (SSSR count). The van der Waals surface area contributed by atoms with Crippen molar-refractivity contribution in [1.82, 2.24) is 14.7 Å². The third-order valence-electron chi connectivity index (χ3n) is 4.16. The van der Waals surface area contributed by atoms with Crippen molar-refractivity contribution in [2.75, 3.05) is 26.7 Å². The fraction of sp³-hybridized carbons (Fsp3) is 0.471. The standard InChI is InChI=1S/C17H23N3O3/c1-19-10-15(9-18-19)23-17-12-20(11-16(17)21)8-7-13-3-5-14(22-2)6-4-13/h3-6,9-10,16-17,21H,7-8,11-12H2,1-2H3/t16-,17-/m1/s1. The summed E-state index contributed by atoms with van der Waals surface area (Å²) in [6, 6.07) is 8.11. The molecule has 0 amide bonds. The number of aromatic nitrogens is 2. The van der Waals surface area contributed by atoms with Crippen molar-refractivity contribution in [2.45, 2.75) is 18.6 Å². The first-order chi connectivity index (χ1) is 11.1. The molecule has 0 spiro atoms. The summed E-state index contributed by atoms with van der Waals surface area (Å²) >= 11 is 0. The Morgan fingerprint density at radius 1 is 1.22 bits per heavy atom. The second-order valence-corrected chi connectivity index (χ2v) is 5.93. The van der Waals surface area contributed by atoms with Crippen molar-refractivity contribution in [3.63, 3.8) is 0 Å². The highest BCUT2D eigenvalue weighted by atomic mass is 16.5. The quantitative estimate of drug-likeness (QED) is 0.864. The molecule has 1 aliphatic heterocycles. The van der Waals surface area contributed by atoms with Gasteiger partial charge in [-0.1, -0.05) is 12.1 Å². The van der Waals surface area contributed by atoms with E-state index in [0.717, 1.165) is 25.3 Å². The van der Waals surface area contributed by atoms with Gasteiger partial charge in [0.1, 0.15) is 18.0 Å². The summed E-state index contributed by atoms with van der Waals surface area (Å²) in [4.78, 5) is 2.23. The van der Waals surface area contributed by atoms with Crippen LogP contribution in [0.2, 0.25) is 0 Å². The molecular weight excluding hydrogens is 294 g/mol. The van der Waals surface area contributed by atoms with Gasteiger partial charge in [-0.2, -0.15) is 5.10 Å². The zero-order chi connectivity index (χ0) is 16.2. The summed E-state index contributed by atoms with van der Waals surface area (Å²) in [5.41, 5.74) is 1.26.